The highest BCUT2D eigenvalue weighted by atomic mass is 35.5. The van der Waals surface area contributed by atoms with Crippen LogP contribution < -0.4 is 5.32 Å². The second-order valence-corrected chi connectivity index (χ2v) is 4.97. The van der Waals surface area contributed by atoms with Crippen LogP contribution in [0.5, 0.6) is 0 Å². The van der Waals surface area contributed by atoms with Gasteiger partial charge in [-0.15, -0.1) is 0 Å². The minimum Gasteiger partial charge on any atom is -0.321 e. The van der Waals surface area contributed by atoms with Crippen LogP contribution in [0, 0.1) is 0 Å². The largest absolute Gasteiger partial charge is 0.321 e. The van der Waals surface area contributed by atoms with Crippen LogP contribution in [0.3, 0.4) is 0 Å². The van der Waals surface area contributed by atoms with Gasteiger partial charge in [0.15, 0.2) is 0 Å². The maximum atomic E-state index is 12.2. The van der Waals surface area contributed by atoms with Gasteiger partial charge in [0.1, 0.15) is 10.8 Å². The molecule has 1 N–H and O–H groups in total. The molecule has 2 heterocycles. The summed E-state index contributed by atoms with van der Waals surface area (Å²) < 4.78 is 0. The highest BCUT2D eigenvalue weighted by molar-refractivity contribution is 6.35. The summed E-state index contributed by atoms with van der Waals surface area (Å²) in [5, 5.41) is 3.14. The molecule has 0 fully saturated rings. The fourth-order valence-corrected chi connectivity index (χ4v) is 2.15. The average molecular weight is 319 g/mol. The van der Waals surface area contributed by atoms with Crippen molar-refractivity contribution in [3.63, 3.8) is 0 Å². The predicted octanol–water partition coefficient (Wildman–Crippen LogP) is 3.58. The van der Waals surface area contributed by atoms with E-state index in [9.17, 15) is 4.79 Å². The molecule has 3 aromatic rings. The minimum absolute atomic E-state index is 0.0726. The van der Waals surface area contributed by atoms with E-state index in [-0.39, 0.29) is 15.9 Å². The van der Waals surface area contributed by atoms with Crippen molar-refractivity contribution in [3.05, 3.63) is 58.6 Å². The standard InChI is InChI=1S/C14H8Cl2N4O/c15-9-2-4-12(16)20-13(9)14(21)19-8-1-3-10-11(7-8)18-6-5-17-10/h1-7H,(H,19,21). The topological polar surface area (TPSA) is 67.8 Å². The number of aromatic nitrogens is 3. The molecule has 1 aromatic carbocycles. The van der Waals surface area contributed by atoms with Crippen LogP contribution in [0.4, 0.5) is 5.69 Å². The number of nitrogens with one attached hydrogen (secondary N) is 1. The van der Waals surface area contributed by atoms with Crippen molar-refractivity contribution >= 4 is 45.8 Å². The lowest BCUT2D eigenvalue weighted by atomic mass is 10.2. The Morgan fingerprint density at radius 2 is 1.76 bits per heavy atom. The molecule has 0 spiro atoms. The number of hydrogen-bond donors (Lipinski definition) is 1. The molecule has 0 atom stereocenters. The van der Waals surface area contributed by atoms with Gasteiger partial charge in [0, 0.05) is 18.1 Å². The average Bonchev–Trinajstić information content (AvgIpc) is 2.49. The van der Waals surface area contributed by atoms with Gasteiger partial charge in [-0.3, -0.25) is 14.8 Å². The molecule has 0 radical (unpaired) electrons. The van der Waals surface area contributed by atoms with Gasteiger partial charge in [0.05, 0.1) is 16.1 Å². The molecule has 0 unspecified atom stereocenters. The summed E-state index contributed by atoms with van der Waals surface area (Å²) >= 11 is 11.7. The molecular weight excluding hydrogens is 311 g/mol. The van der Waals surface area contributed by atoms with Crippen LogP contribution in [-0.2, 0) is 0 Å². The van der Waals surface area contributed by atoms with Crippen molar-refractivity contribution in [2.75, 3.05) is 5.32 Å². The molecule has 0 aliphatic heterocycles. The Morgan fingerprint density at radius 1 is 1.00 bits per heavy atom. The molecule has 0 aliphatic carbocycles. The van der Waals surface area contributed by atoms with Crippen molar-refractivity contribution in [3.8, 4) is 0 Å². The highest BCUT2D eigenvalue weighted by Gasteiger charge is 2.13. The maximum absolute atomic E-state index is 12.2. The molecule has 0 saturated carbocycles. The third-order valence-corrected chi connectivity index (χ3v) is 3.27. The van der Waals surface area contributed by atoms with Crippen LogP contribution in [0.15, 0.2) is 42.7 Å². The number of pyridine rings is 1. The van der Waals surface area contributed by atoms with E-state index in [4.69, 9.17) is 23.2 Å². The van der Waals surface area contributed by atoms with Crippen LogP contribution in [0.1, 0.15) is 10.5 Å². The van der Waals surface area contributed by atoms with E-state index in [0.717, 1.165) is 5.52 Å². The van der Waals surface area contributed by atoms with E-state index >= 15 is 0 Å². The Balaban J connectivity index is 1.90. The maximum Gasteiger partial charge on any atom is 0.275 e. The SMILES string of the molecule is O=C(Nc1ccc2nccnc2c1)c1nc(Cl)ccc1Cl. The molecule has 1 amide bonds. The highest BCUT2D eigenvalue weighted by Crippen LogP contribution is 2.20. The summed E-state index contributed by atoms with van der Waals surface area (Å²) in [7, 11) is 0. The van der Waals surface area contributed by atoms with Gasteiger partial charge in [0.2, 0.25) is 0 Å². The molecule has 5 nitrogen and oxygen atoms in total. The summed E-state index contributed by atoms with van der Waals surface area (Å²) in [6.45, 7) is 0. The van der Waals surface area contributed by atoms with Crippen molar-refractivity contribution in [1.29, 1.82) is 0 Å². The minimum atomic E-state index is -0.439. The Bertz CT molecular complexity index is 838. The van der Waals surface area contributed by atoms with Gasteiger partial charge < -0.3 is 5.32 Å². The number of anilines is 1. The zero-order chi connectivity index (χ0) is 14.8. The number of halogens is 2. The summed E-state index contributed by atoms with van der Waals surface area (Å²) in [6, 6.07) is 8.26. The van der Waals surface area contributed by atoms with Gasteiger partial charge in [0.25, 0.3) is 5.91 Å². The van der Waals surface area contributed by atoms with E-state index in [1.54, 1.807) is 30.6 Å². The van der Waals surface area contributed by atoms with Gasteiger partial charge in [-0.1, -0.05) is 23.2 Å². The molecule has 3 rings (SSSR count). The lowest BCUT2D eigenvalue weighted by Gasteiger charge is -2.07. The number of benzene rings is 1. The third kappa shape index (κ3) is 2.94. The molecule has 7 heteroatoms. The Hall–Kier alpha value is -2.24. The summed E-state index contributed by atoms with van der Waals surface area (Å²) in [5.74, 6) is -0.439. The zero-order valence-corrected chi connectivity index (χ0v) is 12.1. The first-order valence-corrected chi connectivity index (χ1v) is 6.73. The second kappa shape index (κ2) is 5.63. The monoisotopic (exact) mass is 318 g/mol. The number of amides is 1. The first-order chi connectivity index (χ1) is 10.1. The molecule has 0 saturated heterocycles. The van der Waals surface area contributed by atoms with E-state index in [0.29, 0.717) is 11.2 Å². The van der Waals surface area contributed by atoms with Crippen molar-refractivity contribution in [2.24, 2.45) is 0 Å². The molecule has 0 aliphatic rings. The molecule has 0 bridgehead atoms. The molecule has 2 aromatic heterocycles. The molecule has 104 valence electrons. The van der Waals surface area contributed by atoms with Crippen molar-refractivity contribution in [1.82, 2.24) is 15.0 Å². The zero-order valence-electron chi connectivity index (χ0n) is 10.5. The van der Waals surface area contributed by atoms with E-state index in [1.807, 2.05) is 0 Å². The van der Waals surface area contributed by atoms with Crippen molar-refractivity contribution in [2.45, 2.75) is 0 Å². The van der Waals surface area contributed by atoms with E-state index in [1.165, 1.54) is 12.1 Å². The lowest BCUT2D eigenvalue weighted by molar-refractivity contribution is 0.102. The Morgan fingerprint density at radius 3 is 2.57 bits per heavy atom. The van der Waals surface area contributed by atoms with Gasteiger partial charge in [-0.05, 0) is 30.3 Å². The number of nitrogens with zero attached hydrogens (tertiary/aromatic N) is 3. The number of carbonyl (C=O) groups excluding carboxylic acids is 1. The van der Waals surface area contributed by atoms with Crippen molar-refractivity contribution < 1.29 is 4.79 Å². The van der Waals surface area contributed by atoms with E-state index in [2.05, 4.69) is 20.3 Å². The first-order valence-electron chi connectivity index (χ1n) is 5.97. The van der Waals surface area contributed by atoms with Gasteiger partial charge in [-0.25, -0.2) is 4.98 Å². The van der Waals surface area contributed by atoms with Crippen LogP contribution in [0.2, 0.25) is 10.2 Å². The van der Waals surface area contributed by atoms with Gasteiger partial charge >= 0.3 is 0 Å². The number of hydrogen-bond acceptors (Lipinski definition) is 4. The number of fused-ring (bicyclic) bond motifs is 1. The summed E-state index contributed by atoms with van der Waals surface area (Å²) in [4.78, 5) is 24.4. The summed E-state index contributed by atoms with van der Waals surface area (Å²) in [5.41, 5.74) is 2.07. The molecule has 21 heavy (non-hydrogen) atoms. The fraction of sp³-hybridized carbons (Fsp3) is 0. The van der Waals surface area contributed by atoms with Crippen LogP contribution in [-0.4, -0.2) is 20.9 Å². The predicted molar refractivity (Wildman–Crippen MR) is 81.7 cm³/mol. The normalized spacial score (nSPS) is 10.6. The van der Waals surface area contributed by atoms with E-state index < -0.39 is 5.91 Å². The summed E-state index contributed by atoms with van der Waals surface area (Å²) in [6.07, 6.45) is 3.19. The quantitative estimate of drug-likeness (QED) is 0.733. The second-order valence-electron chi connectivity index (χ2n) is 4.18. The first kappa shape index (κ1) is 13.7. The lowest BCUT2D eigenvalue weighted by Crippen LogP contribution is -2.14. The molecular formula is C14H8Cl2N4O. The third-order valence-electron chi connectivity index (χ3n) is 2.75. The Labute approximate surface area is 130 Å². The number of rotatable bonds is 2. The smallest absolute Gasteiger partial charge is 0.275 e. The van der Waals surface area contributed by atoms with Crippen LogP contribution >= 0.6 is 23.2 Å². The van der Waals surface area contributed by atoms with Gasteiger partial charge in [-0.2, -0.15) is 0 Å². The Kier molecular flexibility index (Phi) is 3.68. The fourth-order valence-electron chi connectivity index (χ4n) is 1.81. The number of carbonyl (C=O) groups is 1. The van der Waals surface area contributed by atoms with Crippen LogP contribution in [0.25, 0.3) is 11.0 Å².